The van der Waals surface area contributed by atoms with Crippen molar-refractivity contribution in [3.63, 3.8) is 0 Å². The third-order valence-electron chi connectivity index (χ3n) is 6.41. The zero-order chi connectivity index (χ0) is 25.1. The predicted molar refractivity (Wildman–Crippen MR) is 129 cm³/mol. The van der Waals surface area contributed by atoms with Gasteiger partial charge < -0.3 is 14.7 Å². The molecule has 1 unspecified atom stereocenters. The minimum atomic E-state index is -0.853. The summed E-state index contributed by atoms with van der Waals surface area (Å²) >= 11 is 0. The molecule has 1 aliphatic rings. The molecule has 0 spiro atoms. The number of aromatic amines is 1. The van der Waals surface area contributed by atoms with Gasteiger partial charge in [0.15, 0.2) is 0 Å². The highest BCUT2D eigenvalue weighted by molar-refractivity contribution is 5.94. The maximum absolute atomic E-state index is 14.1. The number of carbonyl (C=O) groups is 1. The van der Waals surface area contributed by atoms with Crippen molar-refractivity contribution >= 4 is 16.9 Å². The highest BCUT2D eigenvalue weighted by Gasteiger charge is 2.26. The Morgan fingerprint density at radius 3 is 2.89 bits per heavy atom. The Kier molecular flexibility index (Phi) is 6.69. The van der Waals surface area contributed by atoms with Crippen molar-refractivity contribution in [2.24, 2.45) is 0 Å². The molecule has 0 radical (unpaired) electrons. The maximum Gasteiger partial charge on any atom is 0.256 e. The third-order valence-corrected chi connectivity index (χ3v) is 6.41. The van der Waals surface area contributed by atoms with E-state index in [1.807, 2.05) is 18.5 Å². The molecule has 1 saturated heterocycles. The highest BCUT2D eigenvalue weighted by atomic mass is 19.1. The summed E-state index contributed by atoms with van der Waals surface area (Å²) in [6.45, 7) is 10.5. The van der Waals surface area contributed by atoms with Crippen LogP contribution in [0.2, 0.25) is 0 Å². The fraction of sp³-hybridized carbons (Fsp3) is 0.320. The standard InChI is InChI=1S/C25H24F2N8O/c1-28-13-19(35-14-17(12-32-35)23-21-5-6-29-24(21)31-16-30-23)15-33-7-2-8-34(10-9-33)25(36)20-4-3-18(26)11-22(20)27/h3-6,11-12,14,16,19H,2,7-10,13,15H2,(H,29,30,31). The Hall–Kier alpha value is -4.17. The van der Waals surface area contributed by atoms with E-state index in [0.29, 0.717) is 32.6 Å². The van der Waals surface area contributed by atoms with E-state index in [0.717, 1.165) is 41.0 Å². The van der Waals surface area contributed by atoms with Crippen LogP contribution in [0.1, 0.15) is 22.8 Å². The summed E-state index contributed by atoms with van der Waals surface area (Å²) in [5, 5.41) is 5.43. The van der Waals surface area contributed by atoms with Gasteiger partial charge in [0, 0.05) is 55.6 Å². The molecule has 11 heteroatoms. The van der Waals surface area contributed by atoms with Crippen LogP contribution in [-0.2, 0) is 0 Å². The monoisotopic (exact) mass is 490 g/mol. The second kappa shape index (κ2) is 10.2. The van der Waals surface area contributed by atoms with E-state index in [2.05, 4.69) is 29.8 Å². The molecule has 1 N–H and O–H groups in total. The Morgan fingerprint density at radius 1 is 1.17 bits per heavy atom. The number of nitrogens with one attached hydrogen (secondary N) is 1. The molecule has 0 bridgehead atoms. The van der Waals surface area contributed by atoms with Gasteiger partial charge in [0.2, 0.25) is 6.54 Å². The van der Waals surface area contributed by atoms with Crippen LogP contribution in [-0.4, -0.2) is 79.7 Å². The molecule has 36 heavy (non-hydrogen) atoms. The molecule has 1 amide bonds. The van der Waals surface area contributed by atoms with E-state index in [-0.39, 0.29) is 18.2 Å². The smallest absolute Gasteiger partial charge is 0.256 e. The van der Waals surface area contributed by atoms with Crippen molar-refractivity contribution in [3.8, 4) is 11.3 Å². The van der Waals surface area contributed by atoms with E-state index in [9.17, 15) is 13.6 Å². The lowest BCUT2D eigenvalue weighted by atomic mass is 10.1. The van der Waals surface area contributed by atoms with Crippen LogP contribution in [0.25, 0.3) is 27.1 Å². The first-order valence-electron chi connectivity index (χ1n) is 11.7. The SMILES string of the molecule is [C-]#[N+]CC(CN1CCCN(C(=O)c2ccc(F)cc2F)CC1)n1cc(-c2ncnc3[nH]ccc23)cn1. The second-order valence-corrected chi connectivity index (χ2v) is 8.74. The third kappa shape index (κ3) is 4.81. The lowest BCUT2D eigenvalue weighted by Gasteiger charge is -2.24. The van der Waals surface area contributed by atoms with Crippen molar-refractivity contribution in [2.75, 3.05) is 39.3 Å². The van der Waals surface area contributed by atoms with E-state index >= 15 is 0 Å². The maximum atomic E-state index is 14.1. The van der Waals surface area contributed by atoms with Gasteiger partial charge in [0.1, 0.15) is 29.7 Å². The van der Waals surface area contributed by atoms with Crippen LogP contribution in [0.3, 0.4) is 0 Å². The second-order valence-electron chi connectivity index (χ2n) is 8.74. The van der Waals surface area contributed by atoms with Gasteiger partial charge in [-0.2, -0.15) is 5.10 Å². The average Bonchev–Trinajstić information content (AvgIpc) is 3.49. The fourth-order valence-electron chi connectivity index (χ4n) is 4.58. The van der Waals surface area contributed by atoms with Gasteiger partial charge in [-0.3, -0.25) is 14.4 Å². The number of hydrogen-bond acceptors (Lipinski definition) is 5. The molecule has 1 aromatic carbocycles. The molecule has 3 aromatic heterocycles. The minimum absolute atomic E-state index is 0.124. The number of nitrogens with zero attached hydrogens (tertiary/aromatic N) is 7. The van der Waals surface area contributed by atoms with Gasteiger partial charge in [-0.15, -0.1) is 0 Å². The molecular formula is C25H24F2N8O. The highest BCUT2D eigenvalue weighted by Crippen LogP contribution is 2.25. The van der Waals surface area contributed by atoms with Gasteiger partial charge in [0.05, 0.1) is 17.5 Å². The van der Waals surface area contributed by atoms with Gasteiger partial charge in [-0.1, -0.05) is 0 Å². The lowest BCUT2D eigenvalue weighted by molar-refractivity contribution is 0.0756. The van der Waals surface area contributed by atoms with Crippen LogP contribution in [0.4, 0.5) is 8.78 Å². The topological polar surface area (TPSA) is 87.3 Å². The number of aromatic nitrogens is 5. The van der Waals surface area contributed by atoms with E-state index in [1.165, 1.54) is 12.4 Å². The Morgan fingerprint density at radius 2 is 2.06 bits per heavy atom. The summed E-state index contributed by atoms with van der Waals surface area (Å²) in [6, 6.07) is 4.75. The number of benzene rings is 1. The predicted octanol–water partition coefficient (Wildman–Crippen LogP) is 3.41. The first-order chi connectivity index (χ1) is 17.5. The fourth-order valence-corrected chi connectivity index (χ4v) is 4.58. The molecule has 9 nitrogen and oxygen atoms in total. The number of carbonyl (C=O) groups excluding carboxylic acids is 1. The summed E-state index contributed by atoms with van der Waals surface area (Å²) in [5.74, 6) is -2.01. The van der Waals surface area contributed by atoms with Crippen LogP contribution in [0.15, 0.2) is 49.2 Å². The van der Waals surface area contributed by atoms with Gasteiger partial charge in [-0.05, 0) is 31.2 Å². The molecule has 1 atom stereocenters. The van der Waals surface area contributed by atoms with Gasteiger partial charge in [0.25, 0.3) is 5.91 Å². The van der Waals surface area contributed by atoms with E-state index in [4.69, 9.17) is 6.57 Å². The molecule has 0 saturated carbocycles. The molecule has 1 aliphatic heterocycles. The normalized spacial score (nSPS) is 15.5. The first-order valence-corrected chi connectivity index (χ1v) is 11.7. The molecule has 5 rings (SSSR count). The van der Waals surface area contributed by atoms with Gasteiger partial charge >= 0.3 is 0 Å². The van der Waals surface area contributed by atoms with Crippen molar-refractivity contribution in [1.29, 1.82) is 0 Å². The molecule has 0 aliphatic carbocycles. The largest absolute Gasteiger partial charge is 0.346 e. The van der Waals surface area contributed by atoms with Crippen LogP contribution in [0, 0.1) is 18.2 Å². The number of halogens is 2. The van der Waals surface area contributed by atoms with Crippen molar-refractivity contribution < 1.29 is 13.6 Å². The Balaban J connectivity index is 1.28. The average molecular weight is 491 g/mol. The first kappa shape index (κ1) is 23.6. The van der Waals surface area contributed by atoms with Crippen molar-refractivity contribution in [3.05, 3.63) is 77.8 Å². The Labute approximate surface area is 206 Å². The lowest BCUT2D eigenvalue weighted by Crippen LogP contribution is -2.37. The van der Waals surface area contributed by atoms with E-state index in [1.54, 1.807) is 15.8 Å². The van der Waals surface area contributed by atoms with Crippen LogP contribution in [0.5, 0.6) is 0 Å². The van der Waals surface area contributed by atoms with E-state index < -0.39 is 17.5 Å². The van der Waals surface area contributed by atoms with Crippen molar-refractivity contribution in [1.82, 2.24) is 34.5 Å². The summed E-state index contributed by atoms with van der Waals surface area (Å²) in [7, 11) is 0. The number of hydrogen-bond donors (Lipinski definition) is 1. The quantitative estimate of drug-likeness (QED) is 0.419. The summed E-state index contributed by atoms with van der Waals surface area (Å²) in [5.41, 5.74) is 2.23. The van der Waals surface area contributed by atoms with Crippen molar-refractivity contribution in [2.45, 2.75) is 12.5 Å². The number of fused-ring (bicyclic) bond motifs is 1. The number of amides is 1. The molecule has 184 valence electrons. The number of H-pyrrole nitrogens is 1. The number of rotatable bonds is 6. The Bertz CT molecular complexity index is 1420. The van der Waals surface area contributed by atoms with Crippen LogP contribution < -0.4 is 0 Å². The van der Waals surface area contributed by atoms with Crippen LogP contribution >= 0.6 is 0 Å². The summed E-state index contributed by atoms with van der Waals surface area (Å²) in [4.78, 5) is 32.0. The van der Waals surface area contributed by atoms with Gasteiger partial charge in [-0.25, -0.2) is 25.3 Å². The minimum Gasteiger partial charge on any atom is -0.346 e. The molecule has 4 heterocycles. The zero-order valence-electron chi connectivity index (χ0n) is 19.4. The molecular weight excluding hydrogens is 466 g/mol. The summed E-state index contributed by atoms with van der Waals surface area (Å²) < 4.78 is 29.2. The summed E-state index contributed by atoms with van der Waals surface area (Å²) in [6.07, 6.45) is 7.66. The zero-order valence-corrected chi connectivity index (χ0v) is 19.4. The molecule has 4 aromatic rings. The molecule has 1 fully saturated rings.